The fourth-order valence-corrected chi connectivity index (χ4v) is 6.07. The molecule has 1 aliphatic heterocycles. The van der Waals surface area contributed by atoms with Gasteiger partial charge in [-0.15, -0.1) is 0 Å². The number of hydrogen-bond acceptors (Lipinski definition) is 6. The highest BCUT2D eigenvalue weighted by Crippen LogP contribution is 2.45. The Balaban J connectivity index is 1.33. The Bertz CT molecular complexity index is 1710. The largest absolute Gasteiger partial charge is 0.493 e. The number of methoxy groups -OCH3 is 1. The van der Waals surface area contributed by atoms with Crippen LogP contribution >= 0.6 is 11.6 Å². The summed E-state index contributed by atoms with van der Waals surface area (Å²) in [6.45, 7) is 10.2. The van der Waals surface area contributed by atoms with Crippen LogP contribution in [-0.2, 0) is 28.1 Å². The van der Waals surface area contributed by atoms with Gasteiger partial charge < -0.3 is 23.9 Å². The van der Waals surface area contributed by atoms with E-state index in [1.54, 1.807) is 52.8 Å². The lowest BCUT2D eigenvalue weighted by molar-refractivity contribution is -0.147. The molecule has 1 unspecified atom stereocenters. The molecule has 242 valence electrons. The molecule has 46 heavy (non-hydrogen) atoms. The maximum atomic E-state index is 15.3. The van der Waals surface area contributed by atoms with Gasteiger partial charge in [-0.05, 0) is 60.7 Å². The van der Waals surface area contributed by atoms with E-state index < -0.39 is 17.5 Å². The molecule has 0 amide bonds. The fraction of sp³-hybridized carbons (Fsp3) is 0.371. The van der Waals surface area contributed by atoms with E-state index in [-0.39, 0.29) is 24.1 Å². The van der Waals surface area contributed by atoms with E-state index in [1.165, 1.54) is 13.3 Å². The second kappa shape index (κ2) is 14.1. The summed E-state index contributed by atoms with van der Waals surface area (Å²) in [4.78, 5) is 17.2. The lowest BCUT2D eigenvalue weighted by Crippen LogP contribution is -2.52. The summed E-state index contributed by atoms with van der Waals surface area (Å²) in [7, 11) is 1.52. The molecule has 3 aromatic carbocycles. The number of likely N-dealkylation sites (tertiary alicyclic amines) is 1. The number of fused-ring (bicyclic) bond motifs is 1. The second-order valence-electron chi connectivity index (χ2n) is 11.4. The Kier molecular flexibility index (Phi) is 10.2. The molecule has 2 heterocycles. The van der Waals surface area contributed by atoms with Crippen molar-refractivity contribution in [3.05, 3.63) is 101 Å². The number of alkyl halides is 3. The maximum absolute atomic E-state index is 15.3. The number of aliphatic hydroxyl groups is 1. The van der Waals surface area contributed by atoms with E-state index in [4.69, 9.17) is 32.4 Å². The Morgan fingerprint density at radius 2 is 1.80 bits per heavy atom. The number of carbonyl (C=O) groups is 1. The van der Waals surface area contributed by atoms with Gasteiger partial charge in [0.15, 0.2) is 22.8 Å². The standard InChI is InChI=1S/C35H36ClF2N3O5/c1-4-45-33(42)19-25-10-13-31(32(18-25)44-3)46-27-14-16-40(17-15-27)23-34(43,35(36,37)38)29-22-41(21-24-8-6-5-7-9-24)30-20-26(39-2)11-12-28(29)30/h5-13,18,20,22,27,43H,4,14-17,19,21,23H2,1,3H3. The van der Waals surface area contributed by atoms with Crippen LogP contribution < -0.4 is 9.47 Å². The van der Waals surface area contributed by atoms with Crippen molar-refractivity contribution < 1.29 is 32.9 Å². The van der Waals surface area contributed by atoms with E-state index in [9.17, 15) is 9.90 Å². The van der Waals surface area contributed by atoms with Gasteiger partial charge in [-0.25, -0.2) is 4.85 Å². The quantitative estimate of drug-likeness (QED) is 0.102. The SMILES string of the molecule is [C-]#[N+]c1ccc2c(C(O)(CN3CCC(Oc4ccc(CC(=O)OCC)cc4OC)CC3)C(F)(F)Cl)cn(Cc3ccccc3)c2c1. The molecule has 4 aromatic rings. The summed E-state index contributed by atoms with van der Waals surface area (Å²) < 4.78 is 49.1. The molecule has 8 nitrogen and oxygen atoms in total. The number of rotatable bonds is 12. The minimum Gasteiger partial charge on any atom is -0.493 e. The highest BCUT2D eigenvalue weighted by atomic mass is 35.5. The van der Waals surface area contributed by atoms with Gasteiger partial charge in [-0.3, -0.25) is 9.69 Å². The third-order valence-corrected chi connectivity index (χ3v) is 8.58. The number of aromatic nitrogens is 1. The zero-order chi connectivity index (χ0) is 32.9. The third-order valence-electron chi connectivity index (χ3n) is 8.27. The number of carbonyl (C=O) groups excluding carboxylic acids is 1. The van der Waals surface area contributed by atoms with Gasteiger partial charge in [0.25, 0.3) is 0 Å². The molecule has 1 N–H and O–H groups in total. The van der Waals surface area contributed by atoms with Crippen molar-refractivity contribution in [2.45, 2.75) is 49.8 Å². The average Bonchev–Trinajstić information content (AvgIpc) is 3.40. The second-order valence-corrected chi connectivity index (χ2v) is 11.9. The molecule has 0 bridgehead atoms. The first-order valence-corrected chi connectivity index (χ1v) is 15.5. The van der Waals surface area contributed by atoms with Crippen LogP contribution in [0.4, 0.5) is 14.5 Å². The topological polar surface area (TPSA) is 77.5 Å². The fourth-order valence-electron chi connectivity index (χ4n) is 5.90. The Labute approximate surface area is 271 Å². The van der Waals surface area contributed by atoms with Crippen molar-refractivity contribution in [2.75, 3.05) is 33.4 Å². The molecule has 1 fully saturated rings. The molecular weight excluding hydrogens is 616 g/mol. The van der Waals surface area contributed by atoms with E-state index in [0.717, 1.165) is 11.1 Å². The highest BCUT2D eigenvalue weighted by molar-refractivity contribution is 6.22. The van der Waals surface area contributed by atoms with Gasteiger partial charge in [-0.2, -0.15) is 8.78 Å². The van der Waals surface area contributed by atoms with Crippen molar-refractivity contribution in [1.29, 1.82) is 0 Å². The molecular formula is C35H36ClF2N3O5. The van der Waals surface area contributed by atoms with E-state index >= 15 is 8.78 Å². The summed E-state index contributed by atoms with van der Waals surface area (Å²) in [5, 5.41) is 8.20. The van der Waals surface area contributed by atoms with Crippen LogP contribution in [0.15, 0.2) is 72.9 Å². The lowest BCUT2D eigenvalue weighted by atomic mass is 9.91. The molecule has 0 aliphatic carbocycles. The first kappa shape index (κ1) is 33.2. The Hall–Kier alpha value is -4.17. The van der Waals surface area contributed by atoms with Crippen LogP contribution in [-0.4, -0.2) is 65.4 Å². The van der Waals surface area contributed by atoms with Gasteiger partial charge in [0.05, 0.1) is 26.7 Å². The van der Waals surface area contributed by atoms with Gasteiger partial charge in [-0.1, -0.05) is 48.5 Å². The molecule has 1 atom stereocenters. The first-order valence-electron chi connectivity index (χ1n) is 15.1. The molecule has 1 aliphatic rings. The minimum atomic E-state index is -4.00. The molecule has 1 aromatic heterocycles. The summed E-state index contributed by atoms with van der Waals surface area (Å²) in [6.07, 6.45) is 2.45. The number of nitrogens with zero attached hydrogens (tertiary/aromatic N) is 3. The van der Waals surface area contributed by atoms with Crippen molar-refractivity contribution in [1.82, 2.24) is 9.47 Å². The molecule has 0 spiro atoms. The van der Waals surface area contributed by atoms with Gasteiger partial charge >= 0.3 is 11.4 Å². The van der Waals surface area contributed by atoms with Crippen LogP contribution in [0.5, 0.6) is 11.5 Å². The molecule has 1 saturated heterocycles. The van der Waals surface area contributed by atoms with Crippen LogP contribution in [0.2, 0.25) is 0 Å². The van der Waals surface area contributed by atoms with Crippen molar-refractivity contribution in [2.24, 2.45) is 0 Å². The van der Waals surface area contributed by atoms with Gasteiger partial charge in [0.1, 0.15) is 6.10 Å². The maximum Gasteiger partial charge on any atom is 0.355 e. The smallest absolute Gasteiger partial charge is 0.355 e. The summed E-state index contributed by atoms with van der Waals surface area (Å²) in [5.41, 5.74) is -0.135. The predicted octanol–water partition coefficient (Wildman–Crippen LogP) is 6.92. The van der Waals surface area contributed by atoms with Crippen LogP contribution in [0.3, 0.4) is 0 Å². The number of benzene rings is 3. The molecule has 5 rings (SSSR count). The van der Waals surface area contributed by atoms with Crippen molar-refractivity contribution in [3.8, 4) is 11.5 Å². The van der Waals surface area contributed by atoms with Crippen molar-refractivity contribution in [3.63, 3.8) is 0 Å². The minimum absolute atomic E-state index is 0.000907. The molecule has 11 heteroatoms. The van der Waals surface area contributed by atoms with Crippen LogP contribution in [0.1, 0.15) is 36.5 Å². The zero-order valence-corrected chi connectivity index (χ0v) is 26.5. The molecule has 0 saturated carbocycles. The average molecular weight is 652 g/mol. The van der Waals surface area contributed by atoms with E-state index in [2.05, 4.69) is 4.85 Å². The summed E-state index contributed by atoms with van der Waals surface area (Å²) in [6, 6.07) is 19.6. The van der Waals surface area contributed by atoms with Crippen molar-refractivity contribution >= 4 is 34.2 Å². The number of piperidine rings is 1. The normalized spacial score (nSPS) is 15.7. The highest BCUT2D eigenvalue weighted by Gasteiger charge is 2.55. The third kappa shape index (κ3) is 7.28. The lowest BCUT2D eigenvalue weighted by Gasteiger charge is -2.39. The number of β-amino-alcohol motifs (C(OH)–C–C–N with tert-alkyl or cyclic N) is 1. The van der Waals surface area contributed by atoms with Gasteiger partial charge in [0, 0.05) is 48.8 Å². The Morgan fingerprint density at radius 3 is 2.46 bits per heavy atom. The van der Waals surface area contributed by atoms with Crippen LogP contribution in [0, 0.1) is 6.57 Å². The summed E-state index contributed by atoms with van der Waals surface area (Å²) in [5.74, 6) is 0.665. The first-order chi connectivity index (χ1) is 22.0. The predicted molar refractivity (Wildman–Crippen MR) is 172 cm³/mol. The number of hydrogen-bond donors (Lipinski definition) is 1. The monoisotopic (exact) mass is 651 g/mol. The number of ether oxygens (including phenoxy) is 3. The van der Waals surface area contributed by atoms with E-state index in [0.29, 0.717) is 67.2 Å². The van der Waals surface area contributed by atoms with Crippen LogP contribution in [0.25, 0.3) is 15.7 Å². The summed E-state index contributed by atoms with van der Waals surface area (Å²) >= 11 is 5.72. The number of halogens is 3. The number of esters is 1. The molecule has 0 radical (unpaired) electrons. The van der Waals surface area contributed by atoms with Gasteiger partial charge in [0.2, 0.25) is 0 Å². The van der Waals surface area contributed by atoms with E-state index in [1.807, 2.05) is 30.3 Å². The zero-order valence-electron chi connectivity index (χ0n) is 25.7. The Morgan fingerprint density at radius 1 is 1.07 bits per heavy atom.